The van der Waals surface area contributed by atoms with E-state index >= 15 is 0 Å². The lowest BCUT2D eigenvalue weighted by Gasteiger charge is -2.24. The molecule has 0 aromatic heterocycles. The standard InChI is InChI=1S/C34H43N5O7S/c1-21(40)39-20-23(22-14-16-25(17-15-22)36-33(47)35-24-10-6-5-7-11-24)18-28(39)30(42)38-27(32(45)46)13-9-8-12-26(31(43)44)37-29(41)19-34(2,3)4/h5-11,14-17,23,26-28H,12-13,18-20H2,1-4H3,(H,37,41)(H,38,42)(H,43,44)(H,45,46)(H2,35,36,47). The third kappa shape index (κ3) is 11.8. The number of amides is 3. The number of nitrogens with one attached hydrogen (secondary N) is 4. The van der Waals surface area contributed by atoms with Crippen molar-refractivity contribution >= 4 is 58.4 Å². The Morgan fingerprint density at radius 1 is 0.872 bits per heavy atom. The number of rotatable bonds is 13. The second-order valence-corrected chi connectivity index (χ2v) is 13.1. The molecule has 0 radical (unpaired) electrons. The number of hydrogen-bond donors (Lipinski definition) is 6. The van der Waals surface area contributed by atoms with Gasteiger partial charge in [-0.3, -0.25) is 14.4 Å². The van der Waals surface area contributed by atoms with Crippen LogP contribution in [0.4, 0.5) is 11.4 Å². The lowest BCUT2D eigenvalue weighted by Crippen LogP contribution is -2.50. The normalized spacial score (nSPS) is 17.4. The van der Waals surface area contributed by atoms with Gasteiger partial charge in [0, 0.05) is 37.2 Å². The second kappa shape index (κ2) is 16.7. The van der Waals surface area contributed by atoms with Crippen molar-refractivity contribution in [2.45, 2.75) is 77.4 Å². The van der Waals surface area contributed by atoms with Crippen LogP contribution in [0.2, 0.25) is 0 Å². The molecule has 2 aromatic rings. The molecule has 47 heavy (non-hydrogen) atoms. The summed E-state index contributed by atoms with van der Waals surface area (Å²) >= 11 is 5.39. The molecule has 1 saturated heterocycles. The number of carbonyl (C=O) groups is 5. The van der Waals surface area contributed by atoms with Crippen LogP contribution in [0, 0.1) is 5.41 Å². The summed E-state index contributed by atoms with van der Waals surface area (Å²) < 4.78 is 0. The van der Waals surface area contributed by atoms with E-state index in [1.807, 2.05) is 75.4 Å². The number of para-hydroxylation sites is 1. The zero-order valence-electron chi connectivity index (χ0n) is 27.0. The van der Waals surface area contributed by atoms with Crippen LogP contribution in [0.25, 0.3) is 0 Å². The highest BCUT2D eigenvalue weighted by Crippen LogP contribution is 2.33. The first-order chi connectivity index (χ1) is 22.1. The lowest BCUT2D eigenvalue weighted by molar-refractivity contribution is -0.143. The lowest BCUT2D eigenvalue weighted by atomic mass is 9.92. The Morgan fingerprint density at radius 2 is 1.40 bits per heavy atom. The molecular formula is C34H43N5O7S. The maximum Gasteiger partial charge on any atom is 0.326 e. The number of benzene rings is 2. The topological polar surface area (TPSA) is 177 Å². The number of carboxylic acids is 2. The van der Waals surface area contributed by atoms with Crippen LogP contribution in [0.3, 0.4) is 0 Å². The fourth-order valence-electron chi connectivity index (χ4n) is 5.23. The largest absolute Gasteiger partial charge is 0.480 e. The minimum Gasteiger partial charge on any atom is -0.480 e. The molecule has 13 heteroatoms. The summed E-state index contributed by atoms with van der Waals surface area (Å²) in [5.74, 6) is -3.92. The van der Waals surface area contributed by atoms with Crippen LogP contribution in [0.15, 0.2) is 66.7 Å². The van der Waals surface area contributed by atoms with Crippen molar-refractivity contribution in [1.82, 2.24) is 15.5 Å². The highest BCUT2D eigenvalue weighted by atomic mass is 32.1. The van der Waals surface area contributed by atoms with Gasteiger partial charge in [-0.15, -0.1) is 0 Å². The predicted molar refractivity (Wildman–Crippen MR) is 183 cm³/mol. The fourth-order valence-corrected chi connectivity index (χ4v) is 5.47. The van der Waals surface area contributed by atoms with Crippen molar-refractivity contribution in [2.24, 2.45) is 5.41 Å². The van der Waals surface area contributed by atoms with Gasteiger partial charge in [0.15, 0.2) is 5.11 Å². The fraction of sp³-hybridized carbons (Fsp3) is 0.412. The van der Waals surface area contributed by atoms with E-state index in [-0.39, 0.29) is 36.5 Å². The van der Waals surface area contributed by atoms with Crippen molar-refractivity contribution in [3.05, 3.63) is 72.3 Å². The van der Waals surface area contributed by atoms with E-state index < -0.39 is 41.9 Å². The average molecular weight is 666 g/mol. The smallest absolute Gasteiger partial charge is 0.326 e. The zero-order chi connectivity index (χ0) is 34.7. The molecule has 1 aliphatic rings. The van der Waals surface area contributed by atoms with Gasteiger partial charge in [-0.25, -0.2) is 9.59 Å². The molecule has 3 amide bonds. The average Bonchev–Trinajstić information content (AvgIpc) is 3.44. The zero-order valence-corrected chi connectivity index (χ0v) is 27.8. The third-order valence-corrected chi connectivity index (χ3v) is 7.73. The Morgan fingerprint density at radius 3 is 1.91 bits per heavy atom. The molecule has 3 rings (SSSR count). The van der Waals surface area contributed by atoms with Gasteiger partial charge in [-0.1, -0.05) is 63.3 Å². The summed E-state index contributed by atoms with van der Waals surface area (Å²) in [5, 5.41) is 30.9. The molecule has 0 bridgehead atoms. The Hall–Kier alpha value is -4.78. The number of aliphatic carboxylic acids is 2. The van der Waals surface area contributed by atoms with Gasteiger partial charge < -0.3 is 36.4 Å². The summed E-state index contributed by atoms with van der Waals surface area (Å²) in [6.45, 7) is 7.25. The van der Waals surface area contributed by atoms with Gasteiger partial charge >= 0.3 is 11.9 Å². The monoisotopic (exact) mass is 665 g/mol. The highest BCUT2D eigenvalue weighted by Gasteiger charge is 2.40. The molecule has 0 spiro atoms. The van der Waals surface area contributed by atoms with Gasteiger partial charge in [0.25, 0.3) is 0 Å². The van der Waals surface area contributed by atoms with Crippen LogP contribution < -0.4 is 21.3 Å². The van der Waals surface area contributed by atoms with Crippen molar-refractivity contribution in [3.63, 3.8) is 0 Å². The van der Waals surface area contributed by atoms with Crippen molar-refractivity contribution < 1.29 is 34.2 Å². The first kappa shape index (κ1) is 36.7. The maximum absolute atomic E-state index is 13.3. The van der Waals surface area contributed by atoms with E-state index in [0.29, 0.717) is 18.1 Å². The molecule has 1 heterocycles. The molecule has 1 aliphatic heterocycles. The summed E-state index contributed by atoms with van der Waals surface area (Å²) in [4.78, 5) is 63.0. The SMILES string of the molecule is CC(=O)N1CC(c2ccc(NC(=S)Nc3ccccc3)cc2)CC1C(=O)NC(CC=CCC(NC(=O)CC(C)(C)C)C(=O)O)C(=O)O. The molecule has 6 N–H and O–H groups in total. The quantitative estimate of drug-likeness (QED) is 0.135. The molecule has 2 aromatic carbocycles. The van der Waals surface area contributed by atoms with E-state index in [1.54, 1.807) is 0 Å². The molecule has 252 valence electrons. The minimum atomic E-state index is -1.30. The molecule has 4 atom stereocenters. The van der Waals surface area contributed by atoms with E-state index in [9.17, 15) is 34.2 Å². The molecular weight excluding hydrogens is 622 g/mol. The first-order valence-electron chi connectivity index (χ1n) is 15.3. The highest BCUT2D eigenvalue weighted by molar-refractivity contribution is 7.80. The van der Waals surface area contributed by atoms with Crippen LogP contribution in [0.5, 0.6) is 0 Å². The number of carbonyl (C=O) groups excluding carboxylic acids is 3. The Labute approximate surface area is 280 Å². The number of anilines is 2. The molecule has 4 unspecified atom stereocenters. The maximum atomic E-state index is 13.3. The Balaban J connectivity index is 1.58. The van der Waals surface area contributed by atoms with Gasteiger partial charge in [-0.2, -0.15) is 0 Å². The number of likely N-dealkylation sites (tertiary alicyclic amines) is 1. The first-order valence-corrected chi connectivity index (χ1v) is 15.7. The summed E-state index contributed by atoms with van der Waals surface area (Å²) in [6.07, 6.45) is 3.21. The van der Waals surface area contributed by atoms with Crippen LogP contribution in [-0.2, 0) is 24.0 Å². The second-order valence-electron chi connectivity index (χ2n) is 12.7. The minimum absolute atomic E-state index is 0.0580. The van der Waals surface area contributed by atoms with Crippen molar-refractivity contribution in [1.29, 1.82) is 0 Å². The van der Waals surface area contributed by atoms with Crippen LogP contribution in [0.1, 0.15) is 64.9 Å². The molecule has 0 aliphatic carbocycles. The van der Waals surface area contributed by atoms with Gasteiger partial charge in [-0.05, 0) is 66.7 Å². The van der Waals surface area contributed by atoms with Crippen molar-refractivity contribution in [3.8, 4) is 0 Å². The third-order valence-electron chi connectivity index (χ3n) is 7.53. The van der Waals surface area contributed by atoms with Crippen molar-refractivity contribution in [2.75, 3.05) is 17.2 Å². The summed E-state index contributed by atoms with van der Waals surface area (Å²) in [6, 6.07) is 13.7. The van der Waals surface area contributed by atoms with Gasteiger partial charge in [0.1, 0.15) is 18.1 Å². The van der Waals surface area contributed by atoms with E-state index in [1.165, 1.54) is 24.0 Å². The predicted octanol–water partition coefficient (Wildman–Crippen LogP) is 4.11. The Kier molecular flexibility index (Phi) is 13.0. The number of carboxylic acid groups (broad SMARTS) is 2. The molecule has 1 fully saturated rings. The van der Waals surface area contributed by atoms with Gasteiger partial charge in [0.05, 0.1) is 0 Å². The molecule has 12 nitrogen and oxygen atoms in total. The van der Waals surface area contributed by atoms with E-state index in [2.05, 4.69) is 21.3 Å². The number of thiocarbonyl (C=S) groups is 1. The Bertz CT molecular complexity index is 1470. The summed E-state index contributed by atoms with van der Waals surface area (Å²) in [5.41, 5.74) is 2.22. The van der Waals surface area contributed by atoms with E-state index in [0.717, 1.165) is 16.9 Å². The molecule has 0 saturated carbocycles. The van der Waals surface area contributed by atoms with E-state index in [4.69, 9.17) is 12.2 Å². The van der Waals surface area contributed by atoms with Gasteiger partial charge in [0.2, 0.25) is 17.7 Å². The van der Waals surface area contributed by atoms with Crippen LogP contribution in [-0.4, -0.2) is 74.6 Å². The van der Waals surface area contributed by atoms with Crippen LogP contribution >= 0.6 is 12.2 Å². The summed E-state index contributed by atoms with van der Waals surface area (Å²) in [7, 11) is 0. The number of nitrogens with zero attached hydrogens (tertiary/aromatic N) is 1. The number of hydrogen-bond acceptors (Lipinski definition) is 6.